The van der Waals surface area contributed by atoms with Gasteiger partial charge in [-0.3, -0.25) is 4.98 Å². The van der Waals surface area contributed by atoms with Gasteiger partial charge in [0.05, 0.1) is 5.69 Å². The first-order chi connectivity index (χ1) is 14.8. The fourth-order valence-corrected chi connectivity index (χ4v) is 3.66. The predicted molar refractivity (Wildman–Crippen MR) is 126 cm³/mol. The summed E-state index contributed by atoms with van der Waals surface area (Å²) in [6, 6.07) is 12.9. The van der Waals surface area contributed by atoms with E-state index < -0.39 is 0 Å². The van der Waals surface area contributed by atoms with E-state index in [4.69, 9.17) is 0 Å². The number of nitrogens with zero attached hydrogens (tertiary/aromatic N) is 3. The Morgan fingerprint density at radius 3 is 1.83 bits per heavy atom. The molecule has 0 N–H and O–H groups in total. The highest BCUT2D eigenvalue weighted by atomic mass is 14.9. The lowest BCUT2D eigenvalue weighted by Crippen LogP contribution is -1.94. The van der Waals surface area contributed by atoms with Gasteiger partial charge in [-0.25, -0.2) is 9.97 Å². The highest BCUT2D eigenvalue weighted by molar-refractivity contribution is 5.63. The average Bonchev–Trinajstić information content (AvgIpc) is 2.81. The van der Waals surface area contributed by atoms with E-state index in [1.54, 1.807) is 0 Å². The van der Waals surface area contributed by atoms with Crippen molar-refractivity contribution in [2.45, 2.75) is 78.1 Å². The van der Waals surface area contributed by atoms with Gasteiger partial charge in [-0.05, 0) is 48.9 Å². The zero-order chi connectivity index (χ0) is 21.0. The molecule has 0 atom stereocenters. The first-order valence-electron chi connectivity index (χ1n) is 11.7. The van der Waals surface area contributed by atoms with E-state index in [-0.39, 0.29) is 0 Å². The second-order valence-corrected chi connectivity index (χ2v) is 8.17. The molecular formula is C27H35N3. The molecule has 0 aliphatic rings. The molecule has 30 heavy (non-hydrogen) atoms. The molecule has 2 aromatic heterocycles. The summed E-state index contributed by atoms with van der Waals surface area (Å²) in [7, 11) is 0. The minimum absolute atomic E-state index is 0.746. The first-order valence-corrected chi connectivity index (χ1v) is 11.7. The van der Waals surface area contributed by atoms with Gasteiger partial charge in [-0.15, -0.1) is 0 Å². The van der Waals surface area contributed by atoms with E-state index in [9.17, 15) is 0 Å². The zero-order valence-electron chi connectivity index (χ0n) is 18.6. The Balaban J connectivity index is 1.54. The van der Waals surface area contributed by atoms with Gasteiger partial charge in [-0.2, -0.15) is 0 Å². The predicted octanol–water partition coefficient (Wildman–Crippen LogP) is 7.45. The summed E-state index contributed by atoms with van der Waals surface area (Å²) in [5.74, 6) is 0.746. The van der Waals surface area contributed by atoms with Crippen LogP contribution < -0.4 is 0 Å². The average molecular weight is 402 g/mol. The number of aromatic nitrogens is 3. The monoisotopic (exact) mass is 401 g/mol. The minimum Gasteiger partial charge on any atom is -0.255 e. The molecule has 0 radical (unpaired) electrons. The summed E-state index contributed by atoms with van der Waals surface area (Å²) in [5.41, 5.74) is 5.72. The van der Waals surface area contributed by atoms with Crippen LogP contribution in [0.15, 0.2) is 55.0 Å². The molecule has 0 unspecified atom stereocenters. The van der Waals surface area contributed by atoms with E-state index >= 15 is 0 Å². The molecule has 0 saturated heterocycles. The molecule has 0 bridgehead atoms. The molecule has 2 heterocycles. The zero-order valence-corrected chi connectivity index (χ0v) is 18.6. The van der Waals surface area contributed by atoms with Gasteiger partial charge in [0.1, 0.15) is 0 Å². The van der Waals surface area contributed by atoms with Crippen LogP contribution in [0.5, 0.6) is 0 Å². The van der Waals surface area contributed by atoms with Crippen molar-refractivity contribution in [3.8, 4) is 22.6 Å². The largest absolute Gasteiger partial charge is 0.255 e. The number of rotatable bonds is 12. The normalized spacial score (nSPS) is 11.0. The van der Waals surface area contributed by atoms with E-state index in [1.165, 1.54) is 62.5 Å². The van der Waals surface area contributed by atoms with Crippen LogP contribution in [0.3, 0.4) is 0 Å². The molecule has 3 rings (SSSR count). The molecule has 3 aromatic rings. The van der Waals surface area contributed by atoms with Crippen LogP contribution in [0.1, 0.15) is 76.3 Å². The Bertz CT molecular complexity index is 852. The highest BCUT2D eigenvalue weighted by Gasteiger charge is 2.05. The van der Waals surface area contributed by atoms with Gasteiger partial charge in [-0.1, -0.05) is 76.6 Å². The molecule has 0 aliphatic carbocycles. The molecule has 1 aromatic carbocycles. The summed E-state index contributed by atoms with van der Waals surface area (Å²) in [4.78, 5) is 13.8. The minimum atomic E-state index is 0.746. The van der Waals surface area contributed by atoms with Crippen LogP contribution >= 0.6 is 0 Å². The SMILES string of the molecule is CCCCCCCCc1cnc(-c2ccc(-c3ccc(CCCC)cc3)nc2)nc1. The van der Waals surface area contributed by atoms with Gasteiger partial charge < -0.3 is 0 Å². The van der Waals surface area contributed by atoms with Crippen molar-refractivity contribution in [1.82, 2.24) is 15.0 Å². The van der Waals surface area contributed by atoms with Gasteiger partial charge in [0, 0.05) is 29.7 Å². The summed E-state index contributed by atoms with van der Waals surface area (Å²) < 4.78 is 0. The molecule has 158 valence electrons. The van der Waals surface area contributed by atoms with Crippen LogP contribution in [-0.2, 0) is 12.8 Å². The molecule has 0 saturated carbocycles. The molecule has 3 nitrogen and oxygen atoms in total. The smallest absolute Gasteiger partial charge is 0.160 e. The summed E-state index contributed by atoms with van der Waals surface area (Å²) in [5, 5.41) is 0. The lowest BCUT2D eigenvalue weighted by Gasteiger charge is -2.06. The molecule has 3 heteroatoms. The van der Waals surface area contributed by atoms with Crippen LogP contribution in [0.25, 0.3) is 22.6 Å². The maximum absolute atomic E-state index is 4.64. The number of benzene rings is 1. The quantitative estimate of drug-likeness (QED) is 0.296. The third-order valence-electron chi connectivity index (χ3n) is 5.61. The van der Waals surface area contributed by atoms with Crippen molar-refractivity contribution < 1.29 is 0 Å². The lowest BCUT2D eigenvalue weighted by molar-refractivity contribution is 0.607. The highest BCUT2D eigenvalue weighted by Crippen LogP contribution is 2.21. The van der Waals surface area contributed by atoms with Crippen molar-refractivity contribution in [2.75, 3.05) is 0 Å². The van der Waals surface area contributed by atoms with Gasteiger partial charge in [0.2, 0.25) is 0 Å². The second-order valence-electron chi connectivity index (χ2n) is 8.17. The van der Waals surface area contributed by atoms with Crippen molar-refractivity contribution in [1.29, 1.82) is 0 Å². The number of hydrogen-bond donors (Lipinski definition) is 0. The van der Waals surface area contributed by atoms with Gasteiger partial charge in [0.15, 0.2) is 5.82 Å². The number of unbranched alkanes of at least 4 members (excludes halogenated alkanes) is 6. The van der Waals surface area contributed by atoms with Crippen molar-refractivity contribution in [2.24, 2.45) is 0 Å². The maximum atomic E-state index is 4.64. The molecule has 0 aliphatic heterocycles. The fraction of sp³-hybridized carbons (Fsp3) is 0.444. The van der Waals surface area contributed by atoms with Crippen molar-refractivity contribution in [3.63, 3.8) is 0 Å². The number of pyridine rings is 1. The van der Waals surface area contributed by atoms with Crippen LogP contribution in [0, 0.1) is 0 Å². The van der Waals surface area contributed by atoms with Crippen molar-refractivity contribution in [3.05, 3.63) is 66.1 Å². The van der Waals surface area contributed by atoms with Crippen LogP contribution in [0.2, 0.25) is 0 Å². The molecule has 0 fully saturated rings. The van der Waals surface area contributed by atoms with E-state index in [0.717, 1.165) is 35.5 Å². The Morgan fingerprint density at radius 2 is 1.17 bits per heavy atom. The van der Waals surface area contributed by atoms with E-state index in [2.05, 4.69) is 65.2 Å². The third kappa shape index (κ3) is 6.76. The van der Waals surface area contributed by atoms with Crippen molar-refractivity contribution >= 4 is 0 Å². The Kier molecular flexibility index (Phi) is 9.02. The number of aryl methyl sites for hydroxylation is 2. The summed E-state index contributed by atoms with van der Waals surface area (Å²) in [6.07, 6.45) is 18.4. The topological polar surface area (TPSA) is 38.7 Å². The van der Waals surface area contributed by atoms with E-state index in [0.29, 0.717) is 0 Å². The maximum Gasteiger partial charge on any atom is 0.160 e. The lowest BCUT2D eigenvalue weighted by atomic mass is 10.0. The Labute approximate surface area is 182 Å². The second kappa shape index (κ2) is 12.2. The molecule has 0 amide bonds. The first kappa shape index (κ1) is 22.1. The van der Waals surface area contributed by atoms with Crippen LogP contribution in [-0.4, -0.2) is 15.0 Å². The summed E-state index contributed by atoms with van der Waals surface area (Å²) >= 11 is 0. The van der Waals surface area contributed by atoms with Gasteiger partial charge in [0.25, 0.3) is 0 Å². The molecule has 0 spiro atoms. The van der Waals surface area contributed by atoms with E-state index in [1.807, 2.05) is 18.6 Å². The molecular weight excluding hydrogens is 366 g/mol. The third-order valence-corrected chi connectivity index (χ3v) is 5.61. The fourth-order valence-electron chi connectivity index (χ4n) is 3.66. The summed E-state index contributed by atoms with van der Waals surface area (Å²) in [6.45, 7) is 4.49. The number of hydrogen-bond acceptors (Lipinski definition) is 3. The Morgan fingerprint density at radius 1 is 0.533 bits per heavy atom. The standard InChI is InChI=1S/C27H35N3/c1-3-5-7-8-9-10-12-23-19-29-27(30-20-23)25-17-18-26(28-21-25)24-15-13-22(14-16-24)11-6-4-2/h13-21H,3-12H2,1-2H3. The van der Waals surface area contributed by atoms with Gasteiger partial charge >= 0.3 is 0 Å². The Hall–Kier alpha value is -2.55. The van der Waals surface area contributed by atoms with Crippen LogP contribution in [0.4, 0.5) is 0 Å².